The van der Waals surface area contributed by atoms with Crippen molar-refractivity contribution in [3.63, 3.8) is 0 Å². The summed E-state index contributed by atoms with van der Waals surface area (Å²) in [7, 11) is 0. The molecule has 0 aromatic carbocycles. The Morgan fingerprint density at radius 2 is 2.57 bits per heavy atom. The molecule has 0 fully saturated rings. The van der Waals surface area contributed by atoms with Crippen molar-refractivity contribution >= 4 is 18.0 Å². The Morgan fingerprint density at radius 1 is 1.57 bits per heavy atom. The van der Waals surface area contributed by atoms with Gasteiger partial charge in [-0.3, -0.25) is 4.99 Å². The molecule has 0 atom stereocenters. The van der Waals surface area contributed by atoms with Gasteiger partial charge in [-0.2, -0.15) is 0 Å². The van der Waals surface area contributed by atoms with Crippen molar-refractivity contribution in [1.29, 1.82) is 0 Å². The van der Waals surface area contributed by atoms with Crippen LogP contribution in [0.2, 0.25) is 0 Å². The molecule has 1 aliphatic heterocycles. The molecule has 35 valence electrons. The molecule has 0 bridgehead atoms. The fraction of sp³-hybridized carbons (Fsp3) is 0. The highest BCUT2D eigenvalue weighted by molar-refractivity contribution is 8.04. The number of hydrogen-bond acceptors (Lipinski definition) is 2. The third kappa shape index (κ3) is 1.59. The Bertz CT molecular complexity index is 110. The largest absolute Gasteiger partial charge is 0.264 e. The van der Waals surface area contributed by atoms with E-state index in [4.69, 9.17) is 0 Å². The molecule has 0 aromatic heterocycles. The molecular formula is C5H4NS. The van der Waals surface area contributed by atoms with Crippen LogP contribution in [-0.2, 0) is 0 Å². The lowest BCUT2D eigenvalue weighted by atomic mass is 10.7. The number of nitrogens with zero attached hydrogens (tertiary/aromatic N) is 1. The predicted octanol–water partition coefficient (Wildman–Crippen LogP) is 1.59. The maximum atomic E-state index is 3.80. The minimum atomic E-state index is 1.57. The lowest BCUT2D eigenvalue weighted by Gasteiger charge is -1.68. The molecule has 0 spiro atoms. The Morgan fingerprint density at radius 3 is 3.57 bits per heavy atom. The van der Waals surface area contributed by atoms with Crippen LogP contribution in [0.25, 0.3) is 0 Å². The predicted molar refractivity (Wildman–Crippen MR) is 33.0 cm³/mol. The van der Waals surface area contributed by atoms with Gasteiger partial charge in [0.25, 0.3) is 0 Å². The molecule has 7 heavy (non-hydrogen) atoms. The van der Waals surface area contributed by atoms with Crippen molar-refractivity contribution in [3.8, 4) is 0 Å². The standard InChI is InChI=1S/C5H4NS/c1-2-6-3-5-7-4-1/h2-5H. The van der Waals surface area contributed by atoms with Gasteiger partial charge in [0, 0.05) is 18.5 Å². The van der Waals surface area contributed by atoms with Gasteiger partial charge < -0.3 is 0 Å². The molecule has 1 nitrogen and oxygen atoms in total. The summed E-state index contributed by atoms with van der Waals surface area (Å²) in [4.78, 5) is 3.80. The van der Waals surface area contributed by atoms with Gasteiger partial charge in [0.1, 0.15) is 0 Å². The molecule has 1 rings (SSSR count). The zero-order valence-corrected chi connectivity index (χ0v) is 4.48. The van der Waals surface area contributed by atoms with Crippen LogP contribution in [0.1, 0.15) is 0 Å². The maximum Gasteiger partial charge on any atom is 0.0352 e. The summed E-state index contributed by atoms with van der Waals surface area (Å²) >= 11 is 1.57. The lowest BCUT2D eigenvalue weighted by Crippen LogP contribution is -1.54. The first-order valence-corrected chi connectivity index (χ1v) is 2.84. The zero-order valence-electron chi connectivity index (χ0n) is 3.66. The van der Waals surface area contributed by atoms with Crippen LogP contribution in [0, 0.1) is 6.08 Å². The third-order valence-electron chi connectivity index (χ3n) is 0.511. The van der Waals surface area contributed by atoms with Crippen molar-refractivity contribution in [3.05, 3.63) is 23.1 Å². The summed E-state index contributed by atoms with van der Waals surface area (Å²) in [5, 5.41) is 3.75. The number of hydrogen-bond donors (Lipinski definition) is 0. The second-order valence-electron chi connectivity index (χ2n) is 0.984. The van der Waals surface area contributed by atoms with Crippen molar-refractivity contribution in [1.82, 2.24) is 0 Å². The van der Waals surface area contributed by atoms with Gasteiger partial charge in [-0.25, -0.2) is 0 Å². The highest BCUT2D eigenvalue weighted by atomic mass is 32.2. The molecule has 1 aliphatic rings. The van der Waals surface area contributed by atoms with E-state index in [1.807, 2.05) is 10.8 Å². The van der Waals surface area contributed by atoms with E-state index in [0.717, 1.165) is 0 Å². The second kappa shape index (κ2) is 2.64. The van der Waals surface area contributed by atoms with E-state index in [1.165, 1.54) is 0 Å². The topological polar surface area (TPSA) is 12.4 Å². The van der Waals surface area contributed by atoms with Gasteiger partial charge in [0.15, 0.2) is 0 Å². The first kappa shape index (κ1) is 4.65. The second-order valence-corrected chi connectivity index (χ2v) is 1.76. The summed E-state index contributed by atoms with van der Waals surface area (Å²) in [5.74, 6) is 0. The highest BCUT2D eigenvalue weighted by Crippen LogP contribution is 2.03. The number of allylic oxidation sites excluding steroid dienone is 1. The fourth-order valence-corrected chi connectivity index (χ4v) is 0.624. The minimum absolute atomic E-state index is 1.57. The van der Waals surface area contributed by atoms with Gasteiger partial charge in [-0.1, -0.05) is 0 Å². The lowest BCUT2D eigenvalue weighted by molar-refractivity contribution is 1.62. The molecule has 0 unspecified atom stereocenters. The van der Waals surface area contributed by atoms with Gasteiger partial charge in [-0.05, 0) is 10.8 Å². The summed E-state index contributed by atoms with van der Waals surface area (Å²) in [6, 6.07) is 0. The Hall–Kier alpha value is -0.500. The van der Waals surface area contributed by atoms with E-state index < -0.39 is 0 Å². The molecule has 0 aliphatic carbocycles. The van der Waals surface area contributed by atoms with Crippen LogP contribution in [-0.4, -0.2) is 6.21 Å². The van der Waals surface area contributed by atoms with Crippen LogP contribution >= 0.6 is 11.8 Å². The Balaban J connectivity index is 2.60. The number of rotatable bonds is 0. The SMILES string of the molecule is [C]1=CSC=CN=C1. The fourth-order valence-electron chi connectivity index (χ4n) is 0.265. The van der Waals surface area contributed by atoms with Crippen LogP contribution in [0.15, 0.2) is 22.0 Å². The minimum Gasteiger partial charge on any atom is -0.264 e. The van der Waals surface area contributed by atoms with E-state index >= 15 is 0 Å². The molecule has 1 radical (unpaired) electrons. The van der Waals surface area contributed by atoms with Crippen molar-refractivity contribution in [2.75, 3.05) is 0 Å². The van der Waals surface area contributed by atoms with Crippen LogP contribution < -0.4 is 0 Å². The average molecular weight is 110 g/mol. The maximum absolute atomic E-state index is 3.80. The summed E-state index contributed by atoms with van der Waals surface area (Å²) in [6.07, 6.45) is 6.20. The molecule has 0 saturated heterocycles. The summed E-state index contributed by atoms with van der Waals surface area (Å²) in [6.45, 7) is 0. The number of aliphatic imine (C=N–C) groups is 1. The molecule has 1 heterocycles. The smallest absolute Gasteiger partial charge is 0.0352 e. The molecule has 0 amide bonds. The first-order valence-electron chi connectivity index (χ1n) is 1.90. The van der Waals surface area contributed by atoms with Crippen LogP contribution in [0.3, 0.4) is 0 Å². The molecule has 0 saturated carbocycles. The van der Waals surface area contributed by atoms with Gasteiger partial charge in [-0.15, -0.1) is 11.8 Å². The summed E-state index contributed by atoms with van der Waals surface area (Å²) < 4.78 is 0. The quantitative estimate of drug-likeness (QED) is 0.461. The normalized spacial score (nSPS) is 17.1. The van der Waals surface area contributed by atoms with E-state index in [-0.39, 0.29) is 0 Å². The zero-order chi connectivity index (χ0) is 4.95. The van der Waals surface area contributed by atoms with Crippen LogP contribution in [0.5, 0.6) is 0 Å². The van der Waals surface area contributed by atoms with E-state index in [1.54, 1.807) is 24.2 Å². The summed E-state index contributed by atoms with van der Waals surface area (Å²) in [5.41, 5.74) is 0. The van der Waals surface area contributed by atoms with E-state index in [0.29, 0.717) is 0 Å². The Kier molecular flexibility index (Phi) is 1.75. The monoisotopic (exact) mass is 110 g/mol. The average Bonchev–Trinajstić information content (AvgIpc) is 1.90. The van der Waals surface area contributed by atoms with Gasteiger partial charge in [0.05, 0.1) is 0 Å². The first-order chi connectivity index (χ1) is 3.50. The number of thioether (sulfide) groups is 1. The molecule has 2 heteroatoms. The third-order valence-corrected chi connectivity index (χ3v) is 1.06. The molecule has 0 N–H and O–H groups in total. The van der Waals surface area contributed by atoms with Crippen molar-refractivity contribution in [2.45, 2.75) is 0 Å². The van der Waals surface area contributed by atoms with Crippen LogP contribution in [0.4, 0.5) is 0 Å². The molecular weight excluding hydrogens is 106 g/mol. The van der Waals surface area contributed by atoms with E-state index in [9.17, 15) is 0 Å². The highest BCUT2D eigenvalue weighted by Gasteiger charge is 1.72. The van der Waals surface area contributed by atoms with Crippen molar-refractivity contribution in [2.24, 2.45) is 4.99 Å². The Labute approximate surface area is 46.8 Å². The van der Waals surface area contributed by atoms with E-state index in [2.05, 4.69) is 11.1 Å². The van der Waals surface area contributed by atoms with Crippen molar-refractivity contribution < 1.29 is 0 Å². The van der Waals surface area contributed by atoms with Gasteiger partial charge in [0.2, 0.25) is 0 Å². The molecule has 0 aromatic rings. The van der Waals surface area contributed by atoms with Gasteiger partial charge >= 0.3 is 0 Å².